The molecule has 0 saturated heterocycles. The van der Waals surface area contributed by atoms with Crippen LogP contribution in [0, 0.1) is 10.1 Å². The Bertz CT molecular complexity index is 543. The number of nitro groups is 1. The Balaban J connectivity index is 3.29. The molecule has 0 aromatic heterocycles. The standard InChI is InChI=1S/C9H3ClF5NO3/c10-5-2-1-4(3-6(5)16(18)19)7(17)8(11,12)9(13,14)15/h1-3H. The molecule has 1 aromatic rings. The largest absolute Gasteiger partial charge is 0.461 e. The molecular weight excluding hydrogens is 301 g/mol. The lowest BCUT2D eigenvalue weighted by Crippen LogP contribution is -2.44. The lowest BCUT2D eigenvalue weighted by Gasteiger charge is -2.17. The molecule has 0 heterocycles. The van der Waals surface area contributed by atoms with Crippen molar-refractivity contribution in [1.29, 1.82) is 0 Å². The van der Waals surface area contributed by atoms with Gasteiger partial charge in [-0.2, -0.15) is 22.0 Å². The number of hydrogen-bond acceptors (Lipinski definition) is 3. The van der Waals surface area contributed by atoms with Gasteiger partial charge in [0, 0.05) is 11.6 Å². The Kier molecular flexibility index (Phi) is 3.80. The molecule has 4 nitrogen and oxygen atoms in total. The summed E-state index contributed by atoms with van der Waals surface area (Å²) >= 11 is 5.34. The van der Waals surface area contributed by atoms with Crippen molar-refractivity contribution >= 4 is 23.1 Å². The van der Waals surface area contributed by atoms with Crippen molar-refractivity contribution in [1.82, 2.24) is 0 Å². The van der Waals surface area contributed by atoms with Crippen molar-refractivity contribution in [3.05, 3.63) is 38.9 Å². The summed E-state index contributed by atoms with van der Waals surface area (Å²) in [5.74, 6) is -8.21. The molecule has 0 bridgehead atoms. The van der Waals surface area contributed by atoms with E-state index in [1.807, 2.05) is 0 Å². The van der Waals surface area contributed by atoms with Gasteiger partial charge in [-0.1, -0.05) is 11.6 Å². The summed E-state index contributed by atoms with van der Waals surface area (Å²) in [6, 6.07) is 1.51. The van der Waals surface area contributed by atoms with Gasteiger partial charge in [-0.15, -0.1) is 0 Å². The van der Waals surface area contributed by atoms with Crippen molar-refractivity contribution in [2.24, 2.45) is 0 Å². The number of carbonyl (C=O) groups is 1. The number of ketones is 1. The van der Waals surface area contributed by atoms with Crippen LogP contribution in [-0.2, 0) is 0 Å². The molecule has 1 rings (SSSR count). The molecule has 0 N–H and O–H groups in total. The van der Waals surface area contributed by atoms with Crippen LogP contribution in [0.3, 0.4) is 0 Å². The number of hydrogen-bond donors (Lipinski definition) is 0. The van der Waals surface area contributed by atoms with E-state index < -0.39 is 39.1 Å². The van der Waals surface area contributed by atoms with E-state index in [-0.39, 0.29) is 6.07 Å². The number of benzene rings is 1. The smallest absolute Gasteiger partial charge is 0.287 e. The van der Waals surface area contributed by atoms with Gasteiger partial charge in [-0.05, 0) is 12.1 Å². The van der Waals surface area contributed by atoms with E-state index in [4.69, 9.17) is 11.6 Å². The van der Waals surface area contributed by atoms with Gasteiger partial charge in [0.15, 0.2) is 0 Å². The average molecular weight is 304 g/mol. The maximum atomic E-state index is 12.8. The van der Waals surface area contributed by atoms with Crippen molar-refractivity contribution in [3.63, 3.8) is 0 Å². The van der Waals surface area contributed by atoms with Gasteiger partial charge in [0.1, 0.15) is 5.02 Å². The molecule has 1 aromatic carbocycles. The predicted molar refractivity (Wildman–Crippen MR) is 53.4 cm³/mol. The molecule has 0 radical (unpaired) electrons. The van der Waals surface area contributed by atoms with E-state index in [1.165, 1.54) is 0 Å². The van der Waals surface area contributed by atoms with E-state index in [0.29, 0.717) is 12.1 Å². The highest BCUT2D eigenvalue weighted by Gasteiger charge is 2.63. The van der Waals surface area contributed by atoms with Gasteiger partial charge in [-0.3, -0.25) is 14.9 Å². The summed E-state index contributed by atoms with van der Waals surface area (Å²) in [5.41, 5.74) is -2.09. The number of halogens is 6. The SMILES string of the molecule is O=C(c1ccc(Cl)c([N+](=O)[O-])c1)C(F)(F)C(F)(F)F. The third-order valence-electron chi connectivity index (χ3n) is 2.05. The average Bonchev–Trinajstić information content (AvgIpc) is 2.26. The Labute approximate surface area is 106 Å². The Morgan fingerprint density at radius 3 is 2.16 bits per heavy atom. The van der Waals surface area contributed by atoms with Crippen molar-refractivity contribution < 1.29 is 31.7 Å². The maximum Gasteiger partial charge on any atom is 0.461 e. The monoisotopic (exact) mass is 303 g/mol. The fourth-order valence-electron chi connectivity index (χ4n) is 1.10. The van der Waals surface area contributed by atoms with Crippen molar-refractivity contribution in [3.8, 4) is 0 Å². The molecule has 0 aliphatic rings. The van der Waals surface area contributed by atoms with Crippen LogP contribution in [0.25, 0.3) is 0 Å². The summed E-state index contributed by atoms with van der Waals surface area (Å²) in [6.45, 7) is 0. The van der Waals surface area contributed by atoms with Gasteiger partial charge in [0.2, 0.25) is 5.78 Å². The summed E-state index contributed by atoms with van der Waals surface area (Å²) in [5, 5.41) is 9.95. The van der Waals surface area contributed by atoms with Gasteiger partial charge in [0.25, 0.3) is 5.69 Å². The lowest BCUT2D eigenvalue weighted by atomic mass is 10.0. The number of Topliss-reactive ketones (excluding diaryl/α,β-unsaturated/α-hetero) is 1. The fraction of sp³-hybridized carbons (Fsp3) is 0.222. The third-order valence-corrected chi connectivity index (χ3v) is 2.37. The first-order valence-corrected chi connectivity index (χ1v) is 4.79. The van der Waals surface area contributed by atoms with Crippen LogP contribution in [0.4, 0.5) is 27.6 Å². The molecule has 10 heteroatoms. The predicted octanol–water partition coefficient (Wildman–Crippen LogP) is 3.63. The van der Waals surface area contributed by atoms with Gasteiger partial charge in [0.05, 0.1) is 4.92 Å². The van der Waals surface area contributed by atoms with E-state index in [1.54, 1.807) is 0 Å². The second-order valence-electron chi connectivity index (χ2n) is 3.32. The summed E-state index contributed by atoms with van der Waals surface area (Å²) in [4.78, 5) is 20.4. The highest BCUT2D eigenvalue weighted by molar-refractivity contribution is 6.32. The number of rotatable bonds is 3. The molecule has 0 aliphatic heterocycles. The molecule has 0 fully saturated rings. The number of nitrogens with zero attached hydrogens (tertiary/aromatic N) is 1. The highest BCUT2D eigenvalue weighted by atomic mass is 35.5. The van der Waals surface area contributed by atoms with Crippen LogP contribution in [0.2, 0.25) is 5.02 Å². The number of carbonyl (C=O) groups excluding carboxylic acids is 1. The zero-order chi connectivity index (χ0) is 15.0. The summed E-state index contributed by atoms with van der Waals surface area (Å²) in [6.07, 6.45) is -6.08. The second kappa shape index (κ2) is 4.72. The molecule has 0 atom stereocenters. The molecule has 0 spiro atoms. The maximum absolute atomic E-state index is 12.8. The van der Waals surface area contributed by atoms with E-state index >= 15 is 0 Å². The third kappa shape index (κ3) is 2.80. The lowest BCUT2D eigenvalue weighted by molar-refractivity contribution is -0.384. The Hall–Kier alpha value is -1.77. The minimum absolute atomic E-state index is 0.268. The molecule has 19 heavy (non-hydrogen) atoms. The van der Waals surface area contributed by atoms with Crippen LogP contribution >= 0.6 is 11.6 Å². The van der Waals surface area contributed by atoms with E-state index in [0.717, 1.165) is 0 Å². The first kappa shape index (κ1) is 15.3. The molecule has 0 unspecified atom stereocenters. The van der Waals surface area contributed by atoms with Gasteiger partial charge < -0.3 is 0 Å². The number of alkyl halides is 5. The molecule has 104 valence electrons. The molecular formula is C9H3ClF5NO3. The minimum atomic E-state index is -6.08. The van der Waals surface area contributed by atoms with E-state index in [9.17, 15) is 36.9 Å². The van der Waals surface area contributed by atoms with Crippen molar-refractivity contribution in [2.75, 3.05) is 0 Å². The highest BCUT2D eigenvalue weighted by Crippen LogP contribution is 2.38. The topological polar surface area (TPSA) is 60.2 Å². The molecule has 0 aliphatic carbocycles. The molecule has 0 saturated carbocycles. The minimum Gasteiger partial charge on any atom is -0.287 e. The van der Waals surface area contributed by atoms with Crippen LogP contribution < -0.4 is 0 Å². The van der Waals surface area contributed by atoms with Crippen LogP contribution in [0.1, 0.15) is 10.4 Å². The quantitative estimate of drug-likeness (QED) is 0.371. The zero-order valence-electron chi connectivity index (χ0n) is 8.67. The van der Waals surface area contributed by atoms with Crippen LogP contribution in [0.15, 0.2) is 18.2 Å². The van der Waals surface area contributed by atoms with E-state index in [2.05, 4.69) is 0 Å². The first-order chi connectivity index (χ1) is 8.48. The zero-order valence-corrected chi connectivity index (χ0v) is 9.43. The molecule has 0 amide bonds. The Morgan fingerprint density at radius 1 is 1.21 bits per heavy atom. The van der Waals surface area contributed by atoms with Crippen molar-refractivity contribution in [2.45, 2.75) is 12.1 Å². The van der Waals surface area contributed by atoms with Gasteiger partial charge in [-0.25, -0.2) is 0 Å². The Morgan fingerprint density at radius 2 is 1.74 bits per heavy atom. The normalized spacial score (nSPS) is 12.3. The van der Waals surface area contributed by atoms with Crippen LogP contribution in [0.5, 0.6) is 0 Å². The number of nitro benzene ring substituents is 1. The summed E-state index contributed by atoms with van der Waals surface area (Å²) in [7, 11) is 0. The summed E-state index contributed by atoms with van der Waals surface area (Å²) < 4.78 is 61.5. The van der Waals surface area contributed by atoms with Gasteiger partial charge >= 0.3 is 12.1 Å². The fourth-order valence-corrected chi connectivity index (χ4v) is 1.29. The first-order valence-electron chi connectivity index (χ1n) is 4.41. The van der Waals surface area contributed by atoms with Crippen LogP contribution in [-0.4, -0.2) is 22.8 Å². The second-order valence-corrected chi connectivity index (χ2v) is 3.73.